The fraction of sp³-hybridized carbons (Fsp3) is 0.321. The van der Waals surface area contributed by atoms with Gasteiger partial charge in [-0.3, -0.25) is 19.1 Å². The molecule has 3 N–H and O–H groups in total. The van der Waals surface area contributed by atoms with Crippen LogP contribution < -0.4 is 10.7 Å². The molecule has 5 rings (SSSR count). The van der Waals surface area contributed by atoms with Gasteiger partial charge in [0.25, 0.3) is 17.7 Å². The van der Waals surface area contributed by atoms with Gasteiger partial charge in [0.2, 0.25) is 0 Å². The zero-order chi connectivity index (χ0) is 26.0. The monoisotopic (exact) mass is 501 g/mol. The number of hydrogen-bond acceptors (Lipinski definition) is 5. The van der Waals surface area contributed by atoms with Gasteiger partial charge in [0.05, 0.1) is 12.1 Å². The molecule has 192 valence electrons. The summed E-state index contributed by atoms with van der Waals surface area (Å²) in [6.07, 6.45) is 2.60. The van der Waals surface area contributed by atoms with Crippen molar-refractivity contribution >= 4 is 17.7 Å². The number of aliphatic hydroxyl groups is 1. The Bertz CT molecular complexity index is 1290. The molecule has 2 aromatic carbocycles. The molecule has 9 heteroatoms. The van der Waals surface area contributed by atoms with Gasteiger partial charge >= 0.3 is 0 Å². The largest absolute Gasteiger partial charge is 0.388 e. The molecular weight excluding hydrogens is 470 g/mol. The summed E-state index contributed by atoms with van der Waals surface area (Å²) in [4.78, 5) is 41.2. The molecule has 0 bridgehead atoms. The van der Waals surface area contributed by atoms with E-state index in [1.807, 2.05) is 43.3 Å². The summed E-state index contributed by atoms with van der Waals surface area (Å²) in [5, 5.41) is 13.9. The predicted molar refractivity (Wildman–Crippen MR) is 140 cm³/mol. The smallest absolute Gasteiger partial charge is 0.273 e. The molecule has 0 atom stereocenters. The second kappa shape index (κ2) is 10.1. The van der Waals surface area contributed by atoms with E-state index in [1.165, 1.54) is 0 Å². The number of β-amino-alcohol motifs (C(OH)–C–C–N with tert-alkyl or cyclic N) is 1. The van der Waals surface area contributed by atoms with Crippen molar-refractivity contribution in [3.63, 3.8) is 0 Å². The van der Waals surface area contributed by atoms with E-state index in [-0.39, 0.29) is 24.3 Å². The highest BCUT2D eigenvalue weighted by molar-refractivity contribution is 5.96. The number of fused-ring (bicyclic) bond motifs is 1. The Hall–Kier alpha value is -4.11. The maximum atomic E-state index is 13.1. The molecule has 0 unspecified atom stereocenters. The Morgan fingerprint density at radius 2 is 1.59 bits per heavy atom. The van der Waals surface area contributed by atoms with Crippen LogP contribution in [0.1, 0.15) is 51.0 Å². The molecule has 0 aliphatic carbocycles. The Kier molecular flexibility index (Phi) is 6.71. The fourth-order valence-electron chi connectivity index (χ4n) is 4.92. The number of amides is 3. The molecule has 3 heterocycles. The van der Waals surface area contributed by atoms with E-state index in [4.69, 9.17) is 0 Å². The van der Waals surface area contributed by atoms with Gasteiger partial charge in [-0.2, -0.15) is 0 Å². The van der Waals surface area contributed by atoms with Crippen LogP contribution in [0.25, 0.3) is 11.1 Å². The third-order valence-corrected chi connectivity index (χ3v) is 7.10. The van der Waals surface area contributed by atoms with Crippen molar-refractivity contribution in [3.05, 3.63) is 83.7 Å². The van der Waals surface area contributed by atoms with Crippen LogP contribution in [0.3, 0.4) is 0 Å². The average molecular weight is 502 g/mol. The van der Waals surface area contributed by atoms with E-state index < -0.39 is 5.60 Å². The molecule has 2 aliphatic heterocycles. The second-order valence-electron chi connectivity index (χ2n) is 9.61. The number of nitrogens with zero attached hydrogens (tertiary/aromatic N) is 3. The van der Waals surface area contributed by atoms with Gasteiger partial charge in [0.1, 0.15) is 12.4 Å². The summed E-state index contributed by atoms with van der Waals surface area (Å²) in [6.45, 7) is 3.85. The zero-order valence-electron chi connectivity index (χ0n) is 20.8. The number of rotatable bonds is 6. The number of piperidine rings is 1. The topological polar surface area (TPSA) is 107 Å². The normalized spacial score (nSPS) is 16.6. The minimum Gasteiger partial charge on any atom is -0.388 e. The van der Waals surface area contributed by atoms with Crippen LogP contribution in [0.15, 0.2) is 66.9 Å². The second-order valence-corrected chi connectivity index (χ2v) is 9.61. The van der Waals surface area contributed by atoms with Crippen molar-refractivity contribution in [1.82, 2.24) is 19.8 Å². The van der Waals surface area contributed by atoms with Crippen LogP contribution in [-0.2, 0) is 0 Å². The van der Waals surface area contributed by atoms with Gasteiger partial charge < -0.3 is 25.6 Å². The third kappa shape index (κ3) is 5.08. The predicted octanol–water partition coefficient (Wildman–Crippen LogP) is 2.53. The van der Waals surface area contributed by atoms with Gasteiger partial charge in [-0.15, -0.1) is 0 Å². The number of nitrogens with one attached hydrogen (secondary N) is 2. The summed E-state index contributed by atoms with van der Waals surface area (Å²) in [5.74, 6) is -0.291. The lowest BCUT2D eigenvalue weighted by Crippen LogP contribution is -2.56. The molecule has 0 saturated carbocycles. The number of benzene rings is 2. The standard InChI is InChI=1S/C28H31N5O4/c1-2-29-25(34)22-9-5-20(6-10-22)21-7-11-23(12-8-21)26(35)31-16-13-28(37,14-17-31)18-32-19-30-33-15-3-4-24(33)27(32)36/h3-12,15,30,37H,2,13-14,16-19H2,1H3,(H,29,34). The fourth-order valence-corrected chi connectivity index (χ4v) is 4.92. The number of carbonyl (C=O) groups is 3. The van der Waals surface area contributed by atoms with Gasteiger partial charge in [0, 0.05) is 37.0 Å². The summed E-state index contributed by atoms with van der Waals surface area (Å²) in [6, 6.07) is 18.3. The molecule has 1 aromatic heterocycles. The molecule has 37 heavy (non-hydrogen) atoms. The molecule has 3 aromatic rings. The van der Waals surface area contributed by atoms with E-state index in [0.29, 0.717) is 56.0 Å². The maximum absolute atomic E-state index is 13.1. The highest BCUT2D eigenvalue weighted by Gasteiger charge is 2.38. The maximum Gasteiger partial charge on any atom is 0.273 e. The lowest BCUT2D eigenvalue weighted by molar-refractivity contribution is -0.0369. The number of aromatic nitrogens is 1. The quantitative estimate of drug-likeness (QED) is 0.481. The van der Waals surface area contributed by atoms with E-state index in [0.717, 1.165) is 11.1 Å². The van der Waals surface area contributed by atoms with Crippen LogP contribution >= 0.6 is 0 Å². The Balaban J connectivity index is 1.17. The lowest BCUT2D eigenvalue weighted by atomic mass is 9.90. The van der Waals surface area contributed by atoms with Crippen molar-refractivity contribution < 1.29 is 19.5 Å². The Morgan fingerprint density at radius 3 is 2.22 bits per heavy atom. The van der Waals surface area contributed by atoms with E-state index in [9.17, 15) is 19.5 Å². The van der Waals surface area contributed by atoms with Crippen LogP contribution in [0.5, 0.6) is 0 Å². The third-order valence-electron chi connectivity index (χ3n) is 7.10. The van der Waals surface area contributed by atoms with Gasteiger partial charge in [-0.25, -0.2) is 0 Å². The van der Waals surface area contributed by atoms with Crippen molar-refractivity contribution in [2.45, 2.75) is 25.4 Å². The zero-order valence-corrected chi connectivity index (χ0v) is 20.8. The molecule has 1 fully saturated rings. The summed E-state index contributed by atoms with van der Waals surface area (Å²) in [5.41, 5.74) is 5.76. The highest BCUT2D eigenvalue weighted by Crippen LogP contribution is 2.27. The van der Waals surface area contributed by atoms with Crippen LogP contribution in [0.4, 0.5) is 0 Å². The molecule has 2 aliphatic rings. The van der Waals surface area contributed by atoms with Crippen molar-refractivity contribution in [3.8, 4) is 11.1 Å². The van der Waals surface area contributed by atoms with Crippen molar-refractivity contribution in [1.29, 1.82) is 0 Å². The first kappa shape index (κ1) is 24.6. The summed E-state index contributed by atoms with van der Waals surface area (Å²) < 4.78 is 1.69. The summed E-state index contributed by atoms with van der Waals surface area (Å²) in [7, 11) is 0. The molecule has 3 amide bonds. The minimum atomic E-state index is -1.03. The number of likely N-dealkylation sites (tertiary alicyclic amines) is 1. The molecule has 9 nitrogen and oxygen atoms in total. The lowest BCUT2D eigenvalue weighted by Gasteiger charge is -2.42. The molecule has 0 spiro atoms. The highest BCUT2D eigenvalue weighted by atomic mass is 16.3. The first-order valence-corrected chi connectivity index (χ1v) is 12.6. The molecule has 1 saturated heterocycles. The molecular formula is C28H31N5O4. The first-order valence-electron chi connectivity index (χ1n) is 12.6. The van der Waals surface area contributed by atoms with E-state index in [1.54, 1.807) is 44.9 Å². The average Bonchev–Trinajstić information content (AvgIpc) is 3.41. The molecule has 0 radical (unpaired) electrons. The van der Waals surface area contributed by atoms with E-state index in [2.05, 4.69) is 10.7 Å². The first-order chi connectivity index (χ1) is 17.9. The van der Waals surface area contributed by atoms with Gasteiger partial charge in [0.15, 0.2) is 0 Å². The number of carbonyl (C=O) groups excluding carboxylic acids is 3. The Morgan fingerprint density at radius 1 is 0.973 bits per heavy atom. The minimum absolute atomic E-state index is 0.0753. The van der Waals surface area contributed by atoms with Crippen molar-refractivity contribution in [2.24, 2.45) is 0 Å². The van der Waals surface area contributed by atoms with Gasteiger partial charge in [-0.1, -0.05) is 24.3 Å². The van der Waals surface area contributed by atoms with Crippen LogP contribution in [0.2, 0.25) is 0 Å². The van der Waals surface area contributed by atoms with Crippen LogP contribution in [0, 0.1) is 0 Å². The SMILES string of the molecule is CCNC(=O)c1ccc(-c2ccc(C(=O)N3CCC(O)(CN4CNn5cccc5C4=O)CC3)cc2)cc1. The summed E-state index contributed by atoms with van der Waals surface area (Å²) >= 11 is 0. The number of hydrogen-bond donors (Lipinski definition) is 3. The Labute approximate surface area is 215 Å². The van der Waals surface area contributed by atoms with Crippen LogP contribution in [-0.4, -0.2) is 75.8 Å². The van der Waals surface area contributed by atoms with Crippen molar-refractivity contribution in [2.75, 3.05) is 38.3 Å². The van der Waals surface area contributed by atoms with E-state index >= 15 is 0 Å². The van der Waals surface area contributed by atoms with Gasteiger partial charge in [-0.05, 0) is 67.3 Å².